The minimum Gasteiger partial charge on any atom is -0.478 e. The van der Waals surface area contributed by atoms with Crippen molar-refractivity contribution < 1.29 is 32.9 Å². The minimum absolute atomic E-state index is 0.00748. The van der Waals surface area contributed by atoms with Gasteiger partial charge in [-0.2, -0.15) is 0 Å². The molecule has 0 spiro atoms. The Kier molecular flexibility index (Phi) is 4.43. The van der Waals surface area contributed by atoms with E-state index in [0.717, 1.165) is 18.2 Å². The van der Waals surface area contributed by atoms with Crippen LogP contribution in [0, 0.1) is 0 Å². The highest BCUT2D eigenvalue weighted by atomic mass is 35.5. The van der Waals surface area contributed by atoms with Crippen LogP contribution in [-0.4, -0.2) is 22.5 Å². The highest BCUT2D eigenvalue weighted by Crippen LogP contribution is 2.33. The first-order valence-corrected chi connectivity index (χ1v) is 5.15. The maximum absolute atomic E-state index is 12.0. The number of carbonyl (C=O) groups is 1. The van der Waals surface area contributed by atoms with Crippen molar-refractivity contribution in [1.82, 2.24) is 0 Å². The lowest BCUT2D eigenvalue weighted by Gasteiger charge is -2.14. The molecule has 0 aliphatic heterocycles. The number of rotatable bonds is 4. The fourth-order valence-corrected chi connectivity index (χ4v) is 1.44. The Morgan fingerprint density at radius 3 is 2.42 bits per heavy atom. The molecule has 0 heterocycles. The molecule has 0 aliphatic rings. The van der Waals surface area contributed by atoms with E-state index in [9.17, 15) is 23.1 Å². The topological polar surface area (TPSA) is 66.8 Å². The van der Waals surface area contributed by atoms with Gasteiger partial charge in [-0.3, -0.25) is 0 Å². The van der Waals surface area contributed by atoms with E-state index in [0.29, 0.717) is 0 Å². The molecule has 19 heavy (non-hydrogen) atoms. The van der Waals surface area contributed by atoms with E-state index in [1.54, 1.807) is 0 Å². The summed E-state index contributed by atoms with van der Waals surface area (Å²) in [6.07, 6.45) is -6.47. The van der Waals surface area contributed by atoms with Crippen LogP contribution in [0.2, 0.25) is 5.02 Å². The van der Waals surface area contributed by atoms with Crippen LogP contribution in [0.1, 0.15) is 11.7 Å². The number of alkyl halides is 3. The first-order chi connectivity index (χ1) is 8.61. The number of aliphatic carboxylic acids is 1. The average Bonchev–Trinajstić information content (AvgIpc) is 2.28. The van der Waals surface area contributed by atoms with E-state index >= 15 is 0 Å². The number of ether oxygens (including phenoxy) is 1. The van der Waals surface area contributed by atoms with Gasteiger partial charge >= 0.3 is 12.3 Å². The third-order valence-electron chi connectivity index (χ3n) is 2.10. The van der Waals surface area contributed by atoms with Gasteiger partial charge in [0.1, 0.15) is 11.9 Å². The van der Waals surface area contributed by atoms with Crippen LogP contribution >= 0.6 is 11.6 Å². The van der Waals surface area contributed by atoms with Crippen molar-refractivity contribution in [2.75, 3.05) is 0 Å². The summed E-state index contributed by atoms with van der Waals surface area (Å²) < 4.78 is 39.6. The standard InChI is InChI=1S/C11H8ClF3O4/c1-5(10(17)18)9(16)6-2-3-8(7(12)4-6)19-11(13,14)15/h2-4,9,16H,1H2,(H,17,18). The van der Waals surface area contributed by atoms with Crippen molar-refractivity contribution in [3.05, 3.63) is 40.9 Å². The first kappa shape index (κ1) is 15.3. The number of aliphatic hydroxyl groups excluding tert-OH is 1. The molecule has 4 nitrogen and oxygen atoms in total. The largest absolute Gasteiger partial charge is 0.573 e. The van der Waals surface area contributed by atoms with Crippen molar-refractivity contribution in [3.63, 3.8) is 0 Å². The normalized spacial score (nSPS) is 12.9. The van der Waals surface area contributed by atoms with Crippen molar-refractivity contribution in [3.8, 4) is 5.75 Å². The summed E-state index contributed by atoms with van der Waals surface area (Å²) in [6.45, 7) is 3.14. The predicted octanol–water partition coefficient (Wildman–Crippen LogP) is 2.91. The molecule has 1 unspecified atom stereocenters. The molecule has 1 aromatic rings. The Labute approximate surface area is 110 Å². The van der Waals surface area contributed by atoms with E-state index in [1.165, 1.54) is 0 Å². The molecule has 1 rings (SSSR count). The molecule has 1 atom stereocenters. The SMILES string of the molecule is C=C(C(=O)O)C(O)c1ccc(OC(F)(F)F)c(Cl)c1. The molecule has 8 heteroatoms. The minimum atomic E-state index is -4.89. The smallest absolute Gasteiger partial charge is 0.478 e. The number of aliphatic hydroxyl groups is 1. The van der Waals surface area contributed by atoms with Gasteiger partial charge in [0.2, 0.25) is 0 Å². The molecule has 0 aromatic heterocycles. The van der Waals surface area contributed by atoms with E-state index < -0.39 is 34.8 Å². The van der Waals surface area contributed by atoms with E-state index in [-0.39, 0.29) is 5.56 Å². The van der Waals surface area contributed by atoms with Gasteiger partial charge in [0.05, 0.1) is 10.6 Å². The summed E-state index contributed by atoms with van der Waals surface area (Å²) in [7, 11) is 0. The number of benzene rings is 1. The maximum atomic E-state index is 12.0. The summed E-state index contributed by atoms with van der Waals surface area (Å²) in [5.41, 5.74) is -0.535. The second kappa shape index (κ2) is 5.50. The second-order valence-electron chi connectivity index (χ2n) is 3.47. The highest BCUT2D eigenvalue weighted by Gasteiger charge is 2.32. The zero-order valence-electron chi connectivity index (χ0n) is 9.24. The zero-order chi connectivity index (χ0) is 14.8. The summed E-state index contributed by atoms with van der Waals surface area (Å²) in [5, 5.41) is 17.8. The van der Waals surface area contributed by atoms with Gasteiger partial charge in [-0.15, -0.1) is 13.2 Å². The predicted molar refractivity (Wildman–Crippen MR) is 59.9 cm³/mol. The fraction of sp³-hybridized carbons (Fsp3) is 0.182. The van der Waals surface area contributed by atoms with Crippen LogP contribution in [0.5, 0.6) is 5.75 Å². The van der Waals surface area contributed by atoms with Crippen LogP contribution in [0.25, 0.3) is 0 Å². The third kappa shape index (κ3) is 4.15. The average molecular weight is 297 g/mol. The van der Waals surface area contributed by atoms with Crippen LogP contribution in [0.3, 0.4) is 0 Å². The Bertz CT molecular complexity index is 513. The summed E-state index contributed by atoms with van der Waals surface area (Å²) in [4.78, 5) is 10.6. The molecule has 0 saturated carbocycles. The number of hydrogen-bond acceptors (Lipinski definition) is 3. The molecule has 0 saturated heterocycles. The van der Waals surface area contributed by atoms with Crippen molar-refractivity contribution in [2.45, 2.75) is 12.5 Å². The van der Waals surface area contributed by atoms with Gasteiger partial charge in [-0.1, -0.05) is 24.2 Å². The summed E-state index contributed by atoms with van der Waals surface area (Å²) >= 11 is 5.55. The molecule has 0 bridgehead atoms. The molecular weight excluding hydrogens is 289 g/mol. The summed E-state index contributed by atoms with van der Waals surface area (Å²) in [6, 6.07) is 2.91. The zero-order valence-corrected chi connectivity index (χ0v) is 10.00. The number of hydrogen-bond donors (Lipinski definition) is 2. The quantitative estimate of drug-likeness (QED) is 0.838. The number of carboxylic acids is 1. The van der Waals surface area contributed by atoms with Crippen molar-refractivity contribution in [2.24, 2.45) is 0 Å². The monoisotopic (exact) mass is 296 g/mol. The molecule has 0 fully saturated rings. The fourth-order valence-electron chi connectivity index (χ4n) is 1.21. The van der Waals surface area contributed by atoms with E-state index in [1.807, 2.05) is 0 Å². The molecule has 0 amide bonds. The molecule has 2 N–H and O–H groups in total. The molecule has 104 valence electrons. The Morgan fingerprint density at radius 1 is 1.42 bits per heavy atom. The lowest BCUT2D eigenvalue weighted by Crippen LogP contribution is -2.17. The Hall–Kier alpha value is -1.73. The van der Waals surface area contributed by atoms with Crippen LogP contribution < -0.4 is 4.74 Å². The lowest BCUT2D eigenvalue weighted by atomic mass is 10.0. The Morgan fingerprint density at radius 2 is 2.00 bits per heavy atom. The number of carboxylic acid groups (broad SMARTS) is 1. The highest BCUT2D eigenvalue weighted by molar-refractivity contribution is 6.32. The van der Waals surface area contributed by atoms with Crippen molar-refractivity contribution in [1.29, 1.82) is 0 Å². The van der Waals surface area contributed by atoms with Crippen molar-refractivity contribution >= 4 is 17.6 Å². The van der Waals surface area contributed by atoms with Gasteiger partial charge in [-0.05, 0) is 17.7 Å². The first-order valence-electron chi connectivity index (χ1n) is 4.77. The Balaban J connectivity index is 3.00. The number of halogens is 4. The lowest BCUT2D eigenvalue weighted by molar-refractivity contribution is -0.274. The van der Waals surface area contributed by atoms with E-state index in [4.69, 9.17) is 16.7 Å². The third-order valence-corrected chi connectivity index (χ3v) is 2.40. The van der Waals surface area contributed by atoms with Gasteiger partial charge in [-0.25, -0.2) is 4.79 Å². The van der Waals surface area contributed by atoms with Crippen LogP contribution in [-0.2, 0) is 4.79 Å². The van der Waals surface area contributed by atoms with Crippen LogP contribution in [0.15, 0.2) is 30.4 Å². The van der Waals surface area contributed by atoms with Gasteiger partial charge in [0.25, 0.3) is 0 Å². The van der Waals surface area contributed by atoms with Gasteiger partial charge in [0, 0.05) is 0 Å². The van der Waals surface area contributed by atoms with Crippen LogP contribution in [0.4, 0.5) is 13.2 Å². The van der Waals surface area contributed by atoms with E-state index in [2.05, 4.69) is 11.3 Å². The molecular formula is C11H8ClF3O4. The molecule has 1 aromatic carbocycles. The van der Waals surface area contributed by atoms with Gasteiger partial charge < -0.3 is 14.9 Å². The molecule has 0 aliphatic carbocycles. The maximum Gasteiger partial charge on any atom is 0.573 e. The second-order valence-corrected chi connectivity index (χ2v) is 3.88. The van der Waals surface area contributed by atoms with Gasteiger partial charge in [0.15, 0.2) is 0 Å². The molecule has 0 radical (unpaired) electrons. The summed E-state index contributed by atoms with van der Waals surface area (Å²) in [5.74, 6) is -2.08.